The van der Waals surface area contributed by atoms with E-state index < -0.39 is 0 Å². The summed E-state index contributed by atoms with van der Waals surface area (Å²) in [6, 6.07) is 10.4. The molecule has 1 saturated heterocycles. The second-order valence-electron chi connectivity index (χ2n) is 4.68. The molecule has 0 amide bonds. The molecular weight excluding hydrogens is 224 g/mol. The number of hydrogen-bond acceptors (Lipinski definition) is 3. The lowest BCUT2D eigenvalue weighted by Crippen LogP contribution is -2.47. The van der Waals surface area contributed by atoms with Crippen LogP contribution in [0.25, 0.3) is 6.08 Å². The van der Waals surface area contributed by atoms with E-state index in [0.717, 1.165) is 39.3 Å². The number of β-amino-alcohol motifs (C(OH)–C–C–N with tert-alkyl or cyclic N) is 1. The predicted molar refractivity (Wildman–Crippen MR) is 75.4 cm³/mol. The highest BCUT2D eigenvalue weighted by molar-refractivity contribution is 5.48. The topological polar surface area (TPSA) is 26.7 Å². The van der Waals surface area contributed by atoms with Crippen LogP contribution in [-0.2, 0) is 0 Å². The third-order valence-electron chi connectivity index (χ3n) is 3.35. The van der Waals surface area contributed by atoms with Crippen molar-refractivity contribution in [3.63, 3.8) is 0 Å². The van der Waals surface area contributed by atoms with Crippen molar-refractivity contribution in [3.8, 4) is 0 Å². The molecule has 98 valence electrons. The Morgan fingerprint density at radius 3 is 2.33 bits per heavy atom. The van der Waals surface area contributed by atoms with E-state index in [1.165, 1.54) is 5.56 Å². The quantitative estimate of drug-likeness (QED) is 0.848. The van der Waals surface area contributed by atoms with Crippen LogP contribution in [0, 0.1) is 0 Å². The zero-order valence-electron chi connectivity index (χ0n) is 10.8. The molecule has 18 heavy (non-hydrogen) atoms. The Kier molecular flexibility index (Phi) is 5.39. The number of nitrogens with zero attached hydrogens (tertiary/aromatic N) is 2. The van der Waals surface area contributed by atoms with Crippen LogP contribution in [-0.4, -0.2) is 60.8 Å². The summed E-state index contributed by atoms with van der Waals surface area (Å²) in [6.07, 6.45) is 4.41. The number of rotatable bonds is 5. The SMILES string of the molecule is OCCN1CCN(C/C=C\c2ccccc2)CC1. The van der Waals surface area contributed by atoms with Gasteiger partial charge in [-0.2, -0.15) is 0 Å². The summed E-state index contributed by atoms with van der Waals surface area (Å²) in [6.45, 7) is 6.43. The van der Waals surface area contributed by atoms with Gasteiger partial charge in [-0.1, -0.05) is 42.5 Å². The Morgan fingerprint density at radius 1 is 1.00 bits per heavy atom. The first-order valence-corrected chi connectivity index (χ1v) is 6.65. The molecular formula is C15H22N2O. The molecule has 1 aliphatic heterocycles. The summed E-state index contributed by atoms with van der Waals surface area (Å²) in [4.78, 5) is 4.77. The van der Waals surface area contributed by atoms with E-state index >= 15 is 0 Å². The first kappa shape index (κ1) is 13.3. The van der Waals surface area contributed by atoms with Gasteiger partial charge in [-0.15, -0.1) is 0 Å². The summed E-state index contributed by atoms with van der Waals surface area (Å²) in [7, 11) is 0. The van der Waals surface area contributed by atoms with E-state index in [1.54, 1.807) is 0 Å². The maximum absolute atomic E-state index is 8.89. The zero-order valence-corrected chi connectivity index (χ0v) is 10.8. The Hall–Kier alpha value is -1.16. The van der Waals surface area contributed by atoms with E-state index in [2.05, 4.69) is 46.2 Å². The lowest BCUT2D eigenvalue weighted by Gasteiger charge is -2.33. The molecule has 0 radical (unpaired) electrons. The van der Waals surface area contributed by atoms with Gasteiger partial charge in [0.1, 0.15) is 0 Å². The van der Waals surface area contributed by atoms with E-state index in [1.807, 2.05) is 6.07 Å². The van der Waals surface area contributed by atoms with Gasteiger partial charge < -0.3 is 5.11 Å². The highest BCUT2D eigenvalue weighted by Gasteiger charge is 2.14. The molecule has 0 atom stereocenters. The molecule has 0 saturated carbocycles. The molecule has 0 aromatic heterocycles. The van der Waals surface area contributed by atoms with Crippen molar-refractivity contribution in [2.75, 3.05) is 45.9 Å². The predicted octanol–water partition coefficient (Wildman–Crippen LogP) is 1.31. The van der Waals surface area contributed by atoms with Crippen molar-refractivity contribution in [3.05, 3.63) is 42.0 Å². The van der Waals surface area contributed by atoms with Crippen LogP contribution in [0.1, 0.15) is 5.56 Å². The zero-order chi connectivity index (χ0) is 12.6. The fourth-order valence-electron chi connectivity index (χ4n) is 2.24. The molecule has 3 nitrogen and oxygen atoms in total. The number of hydrogen-bond donors (Lipinski definition) is 1. The second-order valence-corrected chi connectivity index (χ2v) is 4.68. The summed E-state index contributed by atoms with van der Waals surface area (Å²) in [5, 5.41) is 8.89. The average molecular weight is 246 g/mol. The summed E-state index contributed by atoms with van der Waals surface area (Å²) in [5.41, 5.74) is 1.26. The van der Waals surface area contributed by atoms with Crippen LogP contribution in [0.3, 0.4) is 0 Å². The van der Waals surface area contributed by atoms with Crippen molar-refractivity contribution in [2.45, 2.75) is 0 Å². The molecule has 1 aliphatic rings. The highest BCUT2D eigenvalue weighted by atomic mass is 16.3. The minimum atomic E-state index is 0.272. The number of aliphatic hydroxyl groups excluding tert-OH is 1. The number of aliphatic hydroxyl groups is 1. The van der Waals surface area contributed by atoms with Gasteiger partial charge in [0.2, 0.25) is 0 Å². The van der Waals surface area contributed by atoms with Crippen molar-refractivity contribution in [2.24, 2.45) is 0 Å². The maximum atomic E-state index is 8.89. The normalized spacial score (nSPS) is 18.5. The van der Waals surface area contributed by atoms with Crippen LogP contribution in [0.5, 0.6) is 0 Å². The van der Waals surface area contributed by atoms with Gasteiger partial charge in [-0.25, -0.2) is 0 Å². The third-order valence-corrected chi connectivity index (χ3v) is 3.35. The minimum Gasteiger partial charge on any atom is -0.395 e. The van der Waals surface area contributed by atoms with Crippen molar-refractivity contribution >= 4 is 6.08 Å². The average Bonchev–Trinajstić information content (AvgIpc) is 2.42. The molecule has 3 heteroatoms. The lowest BCUT2D eigenvalue weighted by atomic mass is 10.2. The molecule has 1 aromatic carbocycles. The Morgan fingerprint density at radius 2 is 1.67 bits per heavy atom. The van der Waals surface area contributed by atoms with E-state index in [-0.39, 0.29) is 6.61 Å². The first-order chi connectivity index (χ1) is 8.88. The van der Waals surface area contributed by atoms with Gasteiger partial charge >= 0.3 is 0 Å². The Bertz CT molecular complexity index is 356. The maximum Gasteiger partial charge on any atom is 0.0558 e. The van der Waals surface area contributed by atoms with E-state index in [0.29, 0.717) is 0 Å². The molecule has 1 aromatic rings. The molecule has 1 fully saturated rings. The third kappa shape index (κ3) is 4.26. The molecule has 0 aliphatic carbocycles. The minimum absolute atomic E-state index is 0.272. The fraction of sp³-hybridized carbons (Fsp3) is 0.467. The molecule has 1 N–H and O–H groups in total. The second kappa shape index (κ2) is 7.31. The van der Waals surface area contributed by atoms with Gasteiger partial charge in [0.05, 0.1) is 6.61 Å². The van der Waals surface area contributed by atoms with Crippen molar-refractivity contribution in [1.82, 2.24) is 9.80 Å². The molecule has 2 rings (SSSR count). The van der Waals surface area contributed by atoms with Crippen LogP contribution in [0.4, 0.5) is 0 Å². The molecule has 0 bridgehead atoms. The van der Waals surface area contributed by atoms with Crippen LogP contribution < -0.4 is 0 Å². The van der Waals surface area contributed by atoms with E-state index in [9.17, 15) is 0 Å². The fourth-order valence-corrected chi connectivity index (χ4v) is 2.24. The number of piperazine rings is 1. The van der Waals surface area contributed by atoms with Crippen LogP contribution >= 0.6 is 0 Å². The summed E-state index contributed by atoms with van der Waals surface area (Å²) < 4.78 is 0. The van der Waals surface area contributed by atoms with Gasteiger partial charge in [0, 0.05) is 39.3 Å². The molecule has 0 unspecified atom stereocenters. The first-order valence-electron chi connectivity index (χ1n) is 6.65. The molecule has 0 spiro atoms. The van der Waals surface area contributed by atoms with Gasteiger partial charge in [-0.3, -0.25) is 9.80 Å². The van der Waals surface area contributed by atoms with Crippen molar-refractivity contribution < 1.29 is 5.11 Å². The Labute approximate surface area is 109 Å². The number of benzene rings is 1. The largest absolute Gasteiger partial charge is 0.395 e. The van der Waals surface area contributed by atoms with E-state index in [4.69, 9.17) is 5.11 Å². The molecule has 1 heterocycles. The highest BCUT2D eigenvalue weighted by Crippen LogP contribution is 2.04. The monoisotopic (exact) mass is 246 g/mol. The summed E-state index contributed by atoms with van der Waals surface area (Å²) in [5.74, 6) is 0. The Balaban J connectivity index is 1.71. The van der Waals surface area contributed by atoms with Crippen molar-refractivity contribution in [1.29, 1.82) is 0 Å². The lowest BCUT2D eigenvalue weighted by molar-refractivity contribution is 0.120. The summed E-state index contributed by atoms with van der Waals surface area (Å²) >= 11 is 0. The van der Waals surface area contributed by atoms with Crippen LogP contribution in [0.2, 0.25) is 0 Å². The van der Waals surface area contributed by atoms with Gasteiger partial charge in [0.25, 0.3) is 0 Å². The van der Waals surface area contributed by atoms with Gasteiger partial charge in [0.15, 0.2) is 0 Å². The smallest absolute Gasteiger partial charge is 0.0558 e. The standard InChI is InChI=1S/C15H22N2O/c18-14-13-17-11-9-16(10-12-17)8-4-7-15-5-2-1-3-6-15/h1-7,18H,8-14H2/b7-4-. The van der Waals surface area contributed by atoms with Gasteiger partial charge in [-0.05, 0) is 5.56 Å². The van der Waals surface area contributed by atoms with Crippen LogP contribution in [0.15, 0.2) is 36.4 Å².